The molecular formula is C14H25N3O3. The van der Waals surface area contributed by atoms with Gasteiger partial charge in [0.1, 0.15) is 0 Å². The number of fused-ring (bicyclic) bond motifs is 1. The summed E-state index contributed by atoms with van der Waals surface area (Å²) in [4.78, 5) is 14.6. The van der Waals surface area contributed by atoms with Crippen molar-refractivity contribution in [3.8, 4) is 0 Å². The predicted molar refractivity (Wildman–Crippen MR) is 74.5 cm³/mol. The van der Waals surface area contributed by atoms with E-state index < -0.39 is 0 Å². The second-order valence-corrected chi connectivity index (χ2v) is 6.05. The molecule has 2 N–H and O–H groups in total. The Bertz CT molecular complexity index is 353. The van der Waals surface area contributed by atoms with Crippen LogP contribution in [0.4, 0.5) is 0 Å². The second-order valence-electron chi connectivity index (χ2n) is 6.05. The molecule has 3 aliphatic rings. The predicted octanol–water partition coefficient (Wildman–Crippen LogP) is -0.657. The smallest absolute Gasteiger partial charge is 0.237 e. The Morgan fingerprint density at radius 1 is 1.55 bits per heavy atom. The maximum absolute atomic E-state index is 12.1. The first-order valence-electron chi connectivity index (χ1n) is 7.66. The lowest BCUT2D eigenvalue weighted by Crippen LogP contribution is -2.51. The van der Waals surface area contributed by atoms with Crippen molar-refractivity contribution in [1.82, 2.24) is 15.5 Å². The summed E-state index contributed by atoms with van der Waals surface area (Å²) in [6, 6.07) is 0.490. The number of hydrogen-bond donors (Lipinski definition) is 2. The Hall–Kier alpha value is -0.690. The van der Waals surface area contributed by atoms with Crippen LogP contribution >= 0.6 is 0 Å². The minimum absolute atomic E-state index is 0.0664. The lowest BCUT2D eigenvalue weighted by Gasteiger charge is -2.35. The largest absolute Gasteiger partial charge is 0.380 e. The van der Waals surface area contributed by atoms with Crippen LogP contribution < -0.4 is 10.6 Å². The van der Waals surface area contributed by atoms with Gasteiger partial charge in [0.25, 0.3) is 0 Å². The van der Waals surface area contributed by atoms with Gasteiger partial charge in [0.15, 0.2) is 0 Å². The Morgan fingerprint density at radius 2 is 2.45 bits per heavy atom. The Morgan fingerprint density at radius 3 is 3.25 bits per heavy atom. The molecular weight excluding hydrogens is 258 g/mol. The summed E-state index contributed by atoms with van der Waals surface area (Å²) < 4.78 is 11.1. The first-order chi connectivity index (χ1) is 9.76. The SMILES string of the molecule is COC1CNC(C(=O)NCC2CN3CCCC3CO2)C1. The maximum Gasteiger partial charge on any atom is 0.237 e. The Kier molecular flexibility index (Phi) is 4.55. The average molecular weight is 283 g/mol. The molecule has 3 rings (SSSR count). The van der Waals surface area contributed by atoms with Gasteiger partial charge in [0.05, 0.1) is 24.9 Å². The minimum Gasteiger partial charge on any atom is -0.380 e. The van der Waals surface area contributed by atoms with Crippen LogP contribution in [-0.4, -0.2) is 75.0 Å². The quantitative estimate of drug-likeness (QED) is 0.717. The molecule has 6 heteroatoms. The first-order valence-corrected chi connectivity index (χ1v) is 7.66. The van der Waals surface area contributed by atoms with E-state index in [9.17, 15) is 4.79 Å². The lowest BCUT2D eigenvalue weighted by atomic mass is 10.1. The molecule has 20 heavy (non-hydrogen) atoms. The summed E-state index contributed by atoms with van der Waals surface area (Å²) in [5, 5.41) is 6.20. The van der Waals surface area contributed by atoms with Crippen molar-refractivity contribution in [3.63, 3.8) is 0 Å². The van der Waals surface area contributed by atoms with Gasteiger partial charge in [0, 0.05) is 32.8 Å². The van der Waals surface area contributed by atoms with Crippen molar-refractivity contribution in [2.45, 2.75) is 43.6 Å². The molecule has 114 valence electrons. The molecule has 4 unspecified atom stereocenters. The summed E-state index contributed by atoms with van der Waals surface area (Å²) in [7, 11) is 1.69. The van der Waals surface area contributed by atoms with Gasteiger partial charge in [-0.1, -0.05) is 0 Å². The molecule has 3 aliphatic heterocycles. The van der Waals surface area contributed by atoms with Gasteiger partial charge in [-0.05, 0) is 25.8 Å². The van der Waals surface area contributed by atoms with Crippen LogP contribution in [0.5, 0.6) is 0 Å². The molecule has 0 aromatic heterocycles. The van der Waals surface area contributed by atoms with Crippen LogP contribution in [0.2, 0.25) is 0 Å². The first kappa shape index (κ1) is 14.3. The van der Waals surface area contributed by atoms with Crippen molar-refractivity contribution in [2.24, 2.45) is 0 Å². The van der Waals surface area contributed by atoms with Crippen molar-refractivity contribution in [1.29, 1.82) is 0 Å². The van der Waals surface area contributed by atoms with Crippen molar-refractivity contribution in [3.05, 3.63) is 0 Å². The molecule has 0 radical (unpaired) electrons. The molecule has 0 spiro atoms. The maximum atomic E-state index is 12.1. The summed E-state index contributed by atoms with van der Waals surface area (Å²) in [5.41, 5.74) is 0. The van der Waals surface area contributed by atoms with E-state index in [0.29, 0.717) is 12.6 Å². The summed E-state index contributed by atoms with van der Waals surface area (Å²) in [6.45, 7) is 4.30. The number of nitrogens with one attached hydrogen (secondary N) is 2. The highest BCUT2D eigenvalue weighted by molar-refractivity contribution is 5.82. The molecule has 3 heterocycles. The number of carbonyl (C=O) groups excluding carboxylic acids is 1. The standard InChI is InChI=1S/C14H25N3O3/c1-19-11-5-13(15-6-11)14(18)16-7-12-8-17-4-2-3-10(17)9-20-12/h10-13,15H,2-9H2,1H3,(H,16,18). The third-order valence-electron chi connectivity index (χ3n) is 4.71. The van der Waals surface area contributed by atoms with Gasteiger partial charge in [-0.25, -0.2) is 0 Å². The van der Waals surface area contributed by atoms with Crippen molar-refractivity contribution >= 4 is 5.91 Å². The molecule has 3 fully saturated rings. The van der Waals surface area contributed by atoms with E-state index in [0.717, 1.165) is 26.1 Å². The third-order valence-corrected chi connectivity index (χ3v) is 4.71. The summed E-state index contributed by atoms with van der Waals surface area (Å²) in [5.74, 6) is 0.0664. The number of nitrogens with zero attached hydrogens (tertiary/aromatic N) is 1. The molecule has 4 atom stereocenters. The van der Waals surface area contributed by atoms with E-state index in [-0.39, 0.29) is 24.2 Å². The normalized spacial score (nSPS) is 37.9. The number of carbonyl (C=O) groups is 1. The molecule has 0 aromatic rings. The molecule has 0 aliphatic carbocycles. The molecule has 6 nitrogen and oxygen atoms in total. The Labute approximate surface area is 120 Å². The summed E-state index contributed by atoms with van der Waals surface area (Å²) in [6.07, 6.45) is 3.57. The topological polar surface area (TPSA) is 62.8 Å². The molecule has 0 aromatic carbocycles. The lowest BCUT2D eigenvalue weighted by molar-refractivity contribution is -0.124. The molecule has 3 saturated heterocycles. The fourth-order valence-electron chi connectivity index (χ4n) is 3.43. The van der Waals surface area contributed by atoms with Gasteiger partial charge in [-0.15, -0.1) is 0 Å². The zero-order valence-electron chi connectivity index (χ0n) is 12.1. The van der Waals surface area contributed by atoms with E-state index in [4.69, 9.17) is 9.47 Å². The average Bonchev–Trinajstić information content (AvgIpc) is 3.12. The monoisotopic (exact) mass is 283 g/mol. The van der Waals surface area contributed by atoms with E-state index in [1.807, 2.05) is 0 Å². The second kappa shape index (κ2) is 6.39. The van der Waals surface area contributed by atoms with Crippen LogP contribution in [-0.2, 0) is 14.3 Å². The molecule has 1 amide bonds. The Balaban J connectivity index is 1.40. The minimum atomic E-state index is -0.122. The molecule has 0 bridgehead atoms. The van der Waals surface area contributed by atoms with E-state index >= 15 is 0 Å². The zero-order chi connectivity index (χ0) is 13.9. The summed E-state index contributed by atoms with van der Waals surface area (Å²) >= 11 is 0. The van der Waals surface area contributed by atoms with E-state index in [1.54, 1.807) is 7.11 Å². The highest BCUT2D eigenvalue weighted by Crippen LogP contribution is 2.22. The van der Waals surface area contributed by atoms with Gasteiger partial charge in [0.2, 0.25) is 5.91 Å². The van der Waals surface area contributed by atoms with Crippen LogP contribution in [0.3, 0.4) is 0 Å². The van der Waals surface area contributed by atoms with Gasteiger partial charge >= 0.3 is 0 Å². The van der Waals surface area contributed by atoms with Crippen LogP contribution in [0.15, 0.2) is 0 Å². The van der Waals surface area contributed by atoms with Crippen molar-refractivity contribution < 1.29 is 14.3 Å². The number of morpholine rings is 1. The third kappa shape index (κ3) is 3.14. The number of rotatable bonds is 4. The van der Waals surface area contributed by atoms with Gasteiger partial charge < -0.3 is 20.1 Å². The fourth-order valence-corrected chi connectivity index (χ4v) is 3.43. The number of methoxy groups -OCH3 is 1. The van der Waals surface area contributed by atoms with Crippen LogP contribution in [0, 0.1) is 0 Å². The number of hydrogen-bond acceptors (Lipinski definition) is 5. The number of amides is 1. The highest BCUT2D eigenvalue weighted by Gasteiger charge is 2.33. The van der Waals surface area contributed by atoms with Crippen LogP contribution in [0.25, 0.3) is 0 Å². The zero-order valence-corrected chi connectivity index (χ0v) is 12.1. The van der Waals surface area contributed by atoms with E-state index in [2.05, 4.69) is 15.5 Å². The molecule has 0 saturated carbocycles. The van der Waals surface area contributed by atoms with Gasteiger partial charge in [-0.3, -0.25) is 9.69 Å². The number of ether oxygens (including phenoxy) is 2. The van der Waals surface area contributed by atoms with E-state index in [1.165, 1.54) is 19.4 Å². The fraction of sp³-hybridized carbons (Fsp3) is 0.929. The van der Waals surface area contributed by atoms with Gasteiger partial charge in [-0.2, -0.15) is 0 Å². The van der Waals surface area contributed by atoms with Crippen LogP contribution in [0.1, 0.15) is 19.3 Å². The van der Waals surface area contributed by atoms with Crippen molar-refractivity contribution in [2.75, 3.05) is 39.9 Å². The highest BCUT2D eigenvalue weighted by atomic mass is 16.5.